The average Bonchev–Trinajstić information content (AvgIpc) is 3.58. The van der Waals surface area contributed by atoms with Crippen LogP contribution in [0.25, 0.3) is 10.1 Å². The smallest absolute Gasteiger partial charge is 0.306 e. The first kappa shape index (κ1) is 30.6. The van der Waals surface area contributed by atoms with Crippen LogP contribution in [-0.4, -0.2) is 66.2 Å². The fourth-order valence-corrected chi connectivity index (χ4v) is 5.60. The lowest BCUT2D eigenvalue weighted by molar-refractivity contribution is -0.145. The fraction of sp³-hybridized carbons (Fsp3) is 0.400. The van der Waals surface area contributed by atoms with Crippen molar-refractivity contribution in [1.82, 2.24) is 4.90 Å². The maximum absolute atomic E-state index is 12.6. The monoisotopic (exact) mass is 599 g/mol. The van der Waals surface area contributed by atoms with E-state index in [2.05, 4.69) is 0 Å². The molecule has 2 N–H and O–H groups in total. The zero-order chi connectivity index (χ0) is 30.4. The molecule has 1 aliphatic heterocycles. The molecule has 2 aromatic carbocycles. The minimum atomic E-state index is -1.01. The van der Waals surface area contributed by atoms with Crippen LogP contribution in [0.4, 0.5) is 0 Å². The number of benzene rings is 2. The zero-order valence-corrected chi connectivity index (χ0v) is 24.5. The van der Waals surface area contributed by atoms with E-state index in [0.717, 1.165) is 21.2 Å². The van der Waals surface area contributed by atoms with Crippen molar-refractivity contribution >= 4 is 45.1 Å². The number of hydrogen-bond donors (Lipinski definition) is 2. The van der Waals surface area contributed by atoms with Gasteiger partial charge in [-0.3, -0.25) is 19.2 Å². The van der Waals surface area contributed by atoms with Crippen molar-refractivity contribution in [2.45, 2.75) is 45.7 Å². The van der Waals surface area contributed by atoms with Crippen molar-refractivity contribution in [3.63, 3.8) is 0 Å². The Hall–Kier alpha value is -4.32. The molecular formula is C30H33NO10S. The molecule has 0 fully saturated rings. The molecule has 1 atom stereocenters. The molecule has 0 saturated carbocycles. The number of carbonyl (C=O) groups is 4. The van der Waals surface area contributed by atoms with Gasteiger partial charge in [0.15, 0.2) is 28.8 Å². The molecule has 0 aliphatic carbocycles. The second-order valence-electron chi connectivity index (χ2n) is 9.98. The van der Waals surface area contributed by atoms with Crippen LogP contribution in [0.2, 0.25) is 0 Å². The summed E-state index contributed by atoms with van der Waals surface area (Å²) in [5.41, 5.74) is 1.86. The Kier molecular flexibility index (Phi) is 9.89. The first-order valence-corrected chi connectivity index (χ1v) is 14.2. The van der Waals surface area contributed by atoms with E-state index in [-0.39, 0.29) is 31.0 Å². The first-order valence-electron chi connectivity index (χ1n) is 13.4. The molecule has 11 nitrogen and oxygen atoms in total. The molecule has 42 heavy (non-hydrogen) atoms. The topological polar surface area (TPSA) is 149 Å². The molecule has 2 heterocycles. The van der Waals surface area contributed by atoms with Crippen LogP contribution in [0.15, 0.2) is 30.3 Å². The van der Waals surface area contributed by atoms with Crippen LogP contribution < -0.4 is 18.9 Å². The Morgan fingerprint density at radius 2 is 1.45 bits per heavy atom. The number of Topliss-reactive ketones (excluding diaryl/α,β-unsaturated/α-hetero) is 1. The molecule has 224 valence electrons. The number of methoxy groups -OCH3 is 2. The molecule has 0 spiro atoms. The average molecular weight is 600 g/mol. The van der Waals surface area contributed by atoms with Gasteiger partial charge in [0.1, 0.15) is 0 Å². The van der Waals surface area contributed by atoms with Gasteiger partial charge < -0.3 is 34.1 Å². The predicted molar refractivity (Wildman–Crippen MR) is 154 cm³/mol. The van der Waals surface area contributed by atoms with E-state index >= 15 is 0 Å². The van der Waals surface area contributed by atoms with Gasteiger partial charge in [0, 0.05) is 43.1 Å². The van der Waals surface area contributed by atoms with Crippen molar-refractivity contribution in [3.8, 4) is 23.0 Å². The van der Waals surface area contributed by atoms with Crippen LogP contribution in [0, 0.1) is 5.92 Å². The van der Waals surface area contributed by atoms with Crippen molar-refractivity contribution in [2.24, 2.45) is 5.92 Å². The standard InChI is InChI=1S/C30H33NO10S/c1-17(30(36)37)9-28(33)31-15-19-11-22(38-2)25(12-20(19)16-31)41-8-4-7-40-24-10-18-13-27(21(32)5-6-29(34)35)42-26(18)14-23(24)39-3/h10-14,17H,4-9,15-16H2,1-3H3,(H,34,35)(H,36,37). The number of nitrogens with zero attached hydrogens (tertiary/aromatic N) is 1. The summed E-state index contributed by atoms with van der Waals surface area (Å²) in [7, 11) is 3.08. The lowest BCUT2D eigenvalue weighted by Crippen LogP contribution is -2.28. The van der Waals surface area contributed by atoms with Crippen molar-refractivity contribution in [3.05, 3.63) is 46.3 Å². The predicted octanol–water partition coefficient (Wildman–Crippen LogP) is 4.77. The van der Waals surface area contributed by atoms with E-state index in [4.69, 9.17) is 29.2 Å². The number of amides is 1. The molecule has 1 aromatic heterocycles. The van der Waals surface area contributed by atoms with Crippen LogP contribution in [0.3, 0.4) is 0 Å². The van der Waals surface area contributed by atoms with E-state index < -0.39 is 17.9 Å². The molecule has 1 unspecified atom stereocenters. The lowest BCUT2D eigenvalue weighted by atomic mass is 10.1. The number of hydrogen-bond acceptors (Lipinski definition) is 9. The van der Waals surface area contributed by atoms with Gasteiger partial charge in [-0.25, -0.2) is 0 Å². The molecule has 0 saturated heterocycles. The third kappa shape index (κ3) is 7.30. The fourth-order valence-electron chi connectivity index (χ4n) is 4.56. The van der Waals surface area contributed by atoms with Gasteiger partial charge in [-0.2, -0.15) is 0 Å². The molecular weight excluding hydrogens is 566 g/mol. The summed E-state index contributed by atoms with van der Waals surface area (Å²) in [6.45, 7) is 2.94. The first-order chi connectivity index (χ1) is 20.1. The number of thiophene rings is 1. The maximum atomic E-state index is 12.6. The summed E-state index contributed by atoms with van der Waals surface area (Å²) in [5, 5.41) is 18.8. The van der Waals surface area contributed by atoms with E-state index in [1.54, 1.807) is 30.2 Å². The molecule has 12 heteroatoms. The third-order valence-electron chi connectivity index (χ3n) is 6.91. The molecule has 4 rings (SSSR count). The maximum Gasteiger partial charge on any atom is 0.306 e. The van der Waals surface area contributed by atoms with Crippen molar-refractivity contribution in [2.75, 3.05) is 27.4 Å². The third-order valence-corrected chi connectivity index (χ3v) is 8.05. The number of aliphatic carboxylic acids is 2. The van der Waals surface area contributed by atoms with Crippen LogP contribution in [0.5, 0.6) is 23.0 Å². The highest BCUT2D eigenvalue weighted by molar-refractivity contribution is 7.20. The number of ether oxygens (including phenoxy) is 4. The molecule has 0 bridgehead atoms. The number of rotatable bonds is 15. The highest BCUT2D eigenvalue weighted by Crippen LogP contribution is 2.38. The Balaban J connectivity index is 1.33. The highest BCUT2D eigenvalue weighted by Gasteiger charge is 2.28. The second-order valence-corrected chi connectivity index (χ2v) is 11.1. The largest absolute Gasteiger partial charge is 0.493 e. The summed E-state index contributed by atoms with van der Waals surface area (Å²) >= 11 is 1.29. The van der Waals surface area contributed by atoms with Gasteiger partial charge in [0.2, 0.25) is 5.91 Å². The van der Waals surface area contributed by atoms with Crippen molar-refractivity contribution in [1.29, 1.82) is 0 Å². The highest BCUT2D eigenvalue weighted by atomic mass is 32.1. The van der Waals surface area contributed by atoms with Crippen molar-refractivity contribution < 1.29 is 48.3 Å². The van der Waals surface area contributed by atoms with E-state index in [9.17, 15) is 19.2 Å². The summed E-state index contributed by atoms with van der Waals surface area (Å²) in [4.78, 5) is 49.0. The van der Waals surface area contributed by atoms with Gasteiger partial charge in [0.25, 0.3) is 0 Å². The van der Waals surface area contributed by atoms with E-state index in [1.165, 1.54) is 25.4 Å². The minimum Gasteiger partial charge on any atom is -0.493 e. The van der Waals surface area contributed by atoms with Gasteiger partial charge >= 0.3 is 11.9 Å². The number of ketones is 1. The quantitative estimate of drug-likeness (QED) is 0.185. The van der Waals surface area contributed by atoms with Gasteiger partial charge in [-0.15, -0.1) is 11.3 Å². The molecule has 1 amide bonds. The Labute approximate surface area is 246 Å². The van der Waals surface area contributed by atoms with Crippen LogP contribution in [0.1, 0.15) is 53.4 Å². The number of carboxylic acid groups (broad SMARTS) is 2. The van der Waals surface area contributed by atoms with Crippen LogP contribution in [-0.2, 0) is 27.5 Å². The van der Waals surface area contributed by atoms with Gasteiger partial charge in [-0.05, 0) is 40.8 Å². The Bertz CT molecular complexity index is 1500. The second kappa shape index (κ2) is 13.6. The molecule has 0 radical (unpaired) electrons. The summed E-state index contributed by atoms with van der Waals surface area (Å²) in [6.07, 6.45) is 0.220. The van der Waals surface area contributed by atoms with E-state index in [1.807, 2.05) is 12.1 Å². The number of carboxylic acids is 2. The lowest BCUT2D eigenvalue weighted by Gasteiger charge is -2.16. The Morgan fingerprint density at radius 3 is 2.05 bits per heavy atom. The normalized spacial score (nSPS) is 13.0. The molecule has 1 aliphatic rings. The number of fused-ring (bicyclic) bond motifs is 2. The minimum absolute atomic E-state index is 0.0555. The zero-order valence-electron chi connectivity index (χ0n) is 23.6. The summed E-state index contributed by atoms with van der Waals surface area (Å²) in [5.74, 6) is -1.06. The van der Waals surface area contributed by atoms with Gasteiger partial charge in [0.05, 0.1) is 44.6 Å². The molecule has 3 aromatic rings. The number of carbonyl (C=O) groups excluding carboxylic acids is 2. The Morgan fingerprint density at radius 1 is 0.857 bits per heavy atom. The summed E-state index contributed by atoms with van der Waals surface area (Å²) < 4.78 is 23.8. The summed E-state index contributed by atoms with van der Waals surface area (Å²) in [6, 6.07) is 9.03. The van der Waals surface area contributed by atoms with E-state index in [0.29, 0.717) is 60.6 Å². The van der Waals surface area contributed by atoms with Gasteiger partial charge in [-0.1, -0.05) is 6.92 Å². The van der Waals surface area contributed by atoms with Crippen LogP contribution >= 0.6 is 11.3 Å². The SMILES string of the molecule is COc1cc2c(cc1OCCCOc1cc3cc(C(=O)CCC(=O)O)sc3cc1OC)CN(C(=O)CC(C)C(=O)O)C2.